The van der Waals surface area contributed by atoms with Crippen LogP contribution < -0.4 is 4.90 Å². The first-order valence-corrected chi connectivity index (χ1v) is 16.9. The first-order valence-electron chi connectivity index (χ1n) is 16.9. The Labute approximate surface area is 259 Å². The molecule has 0 fully saturated rings. The summed E-state index contributed by atoms with van der Waals surface area (Å²) in [6, 6.07) is 23.5. The van der Waals surface area contributed by atoms with Gasteiger partial charge in [-0.15, -0.1) is 0 Å². The van der Waals surface area contributed by atoms with Gasteiger partial charge in [-0.1, -0.05) is 96.2 Å². The normalized spacial score (nSPS) is 22.1. The maximum absolute atomic E-state index is 2.68. The minimum atomic E-state index is 0.0143. The highest BCUT2D eigenvalue weighted by Gasteiger charge is 2.48. The van der Waals surface area contributed by atoms with E-state index >= 15 is 0 Å². The Hall–Kier alpha value is -3.58. The number of benzene rings is 3. The second-order valence-electron chi connectivity index (χ2n) is 13.5. The van der Waals surface area contributed by atoms with Crippen molar-refractivity contribution in [3.05, 3.63) is 125 Å². The molecule has 4 aliphatic rings. The number of hydrogen-bond acceptors (Lipinski definition) is 1. The maximum atomic E-state index is 2.68. The number of anilines is 2. The molecule has 2 atom stereocenters. The zero-order valence-electron chi connectivity index (χ0n) is 27.0. The molecule has 3 aromatic carbocycles. The summed E-state index contributed by atoms with van der Waals surface area (Å²) in [5.41, 5.74) is 16.0. The van der Waals surface area contributed by atoms with Crippen LogP contribution in [0, 0.1) is 11.8 Å². The fourth-order valence-electron chi connectivity index (χ4n) is 8.89. The Kier molecular flexibility index (Phi) is 6.92. The molecular weight excluding hydrogens is 518 g/mol. The van der Waals surface area contributed by atoms with Gasteiger partial charge in [0.25, 0.3) is 0 Å². The van der Waals surface area contributed by atoms with Gasteiger partial charge in [0.1, 0.15) is 0 Å². The lowest BCUT2D eigenvalue weighted by atomic mass is 9.69. The number of fused-ring (bicyclic) bond motifs is 6. The van der Waals surface area contributed by atoms with Crippen LogP contribution >= 0.6 is 0 Å². The fourth-order valence-corrected chi connectivity index (χ4v) is 8.89. The number of rotatable bonds is 7. The molecule has 0 bridgehead atoms. The lowest BCUT2D eigenvalue weighted by Crippen LogP contribution is -2.27. The van der Waals surface area contributed by atoms with Crippen LogP contribution in [0.4, 0.5) is 11.4 Å². The molecular formula is C42H47N. The van der Waals surface area contributed by atoms with E-state index in [2.05, 4.69) is 137 Å². The largest absolute Gasteiger partial charge is 0.311 e. The van der Waals surface area contributed by atoms with E-state index in [1.54, 1.807) is 16.7 Å². The average Bonchev–Trinajstić information content (AvgIpc) is 3.47. The van der Waals surface area contributed by atoms with Crippen molar-refractivity contribution in [1.82, 2.24) is 0 Å². The molecule has 0 spiro atoms. The van der Waals surface area contributed by atoms with E-state index in [-0.39, 0.29) is 10.8 Å². The van der Waals surface area contributed by atoms with Gasteiger partial charge in [0, 0.05) is 27.9 Å². The van der Waals surface area contributed by atoms with Crippen LogP contribution in [0.2, 0.25) is 0 Å². The molecule has 0 radical (unpaired) electrons. The SMILES string of the molecule is CCC1(CC)C2=CC(C)CC=C2c2cc3c(cc21)C(CC)(CC)c1cc(N(C2=CCC(C)C=C2)c2ccccc2)ccc1-3. The zero-order chi connectivity index (χ0) is 29.9. The zero-order valence-corrected chi connectivity index (χ0v) is 27.0. The third-order valence-corrected chi connectivity index (χ3v) is 11.5. The first-order chi connectivity index (χ1) is 20.9. The highest BCUT2D eigenvalue weighted by atomic mass is 15.1. The lowest BCUT2D eigenvalue weighted by molar-refractivity contribution is 0.472. The van der Waals surface area contributed by atoms with E-state index in [1.807, 2.05) is 0 Å². The molecule has 0 aliphatic heterocycles. The van der Waals surface area contributed by atoms with Crippen molar-refractivity contribution in [2.75, 3.05) is 4.90 Å². The van der Waals surface area contributed by atoms with Crippen LogP contribution in [0.1, 0.15) is 102 Å². The second-order valence-corrected chi connectivity index (χ2v) is 13.5. The van der Waals surface area contributed by atoms with Crippen LogP contribution in [0.15, 0.2) is 102 Å². The fraction of sp³-hybridized carbons (Fsp3) is 0.381. The summed E-state index contributed by atoms with van der Waals surface area (Å²) < 4.78 is 0. The Morgan fingerprint density at radius 1 is 0.651 bits per heavy atom. The van der Waals surface area contributed by atoms with E-state index in [4.69, 9.17) is 0 Å². The summed E-state index contributed by atoms with van der Waals surface area (Å²) in [6.07, 6.45) is 19.0. The topological polar surface area (TPSA) is 3.24 Å². The Bertz CT molecular complexity index is 1690. The van der Waals surface area contributed by atoms with E-state index in [0.29, 0.717) is 11.8 Å². The predicted molar refractivity (Wildman–Crippen MR) is 185 cm³/mol. The molecule has 4 aliphatic carbocycles. The molecule has 0 saturated carbocycles. The van der Waals surface area contributed by atoms with Crippen molar-refractivity contribution in [2.45, 2.75) is 90.9 Å². The molecule has 2 unspecified atom stereocenters. The Balaban J connectivity index is 1.43. The van der Waals surface area contributed by atoms with Crippen molar-refractivity contribution in [3.63, 3.8) is 0 Å². The second kappa shape index (κ2) is 10.5. The standard InChI is InChI=1S/C42H47N/c1-7-41(8-2)37-24-29(6)18-22-33(37)35-26-36-34-23-21-32(25-38(34)42(9-3,10-4)40(36)27-39(35)41)43(30-14-12-11-13-15-30)31-19-16-28(5)17-20-31/h11-16,19-29H,7-10,17-18H2,1-6H3. The summed E-state index contributed by atoms with van der Waals surface area (Å²) in [5, 5.41) is 0. The van der Waals surface area contributed by atoms with Crippen molar-refractivity contribution >= 4 is 16.9 Å². The number of allylic oxidation sites excluding steroid dienone is 7. The molecule has 1 nitrogen and oxygen atoms in total. The molecule has 0 aromatic heterocycles. The molecule has 220 valence electrons. The van der Waals surface area contributed by atoms with Gasteiger partial charge in [0.05, 0.1) is 0 Å². The minimum Gasteiger partial charge on any atom is -0.311 e. The summed E-state index contributed by atoms with van der Waals surface area (Å²) >= 11 is 0. The summed E-state index contributed by atoms with van der Waals surface area (Å²) in [5.74, 6) is 1.20. The average molecular weight is 566 g/mol. The van der Waals surface area contributed by atoms with Gasteiger partial charge in [-0.25, -0.2) is 0 Å². The molecule has 0 amide bonds. The van der Waals surface area contributed by atoms with E-state index < -0.39 is 0 Å². The van der Waals surface area contributed by atoms with Gasteiger partial charge in [0.15, 0.2) is 0 Å². The highest BCUT2D eigenvalue weighted by molar-refractivity contribution is 5.95. The van der Waals surface area contributed by atoms with Gasteiger partial charge >= 0.3 is 0 Å². The molecule has 1 heteroatoms. The van der Waals surface area contributed by atoms with Crippen molar-refractivity contribution in [3.8, 4) is 11.1 Å². The van der Waals surface area contributed by atoms with Crippen LogP contribution in [0.25, 0.3) is 16.7 Å². The lowest BCUT2D eigenvalue weighted by Gasteiger charge is -2.34. The van der Waals surface area contributed by atoms with E-state index in [0.717, 1.165) is 38.5 Å². The quantitative estimate of drug-likeness (QED) is 0.275. The predicted octanol–water partition coefficient (Wildman–Crippen LogP) is 11.8. The Morgan fingerprint density at radius 3 is 2.00 bits per heavy atom. The van der Waals surface area contributed by atoms with Crippen molar-refractivity contribution in [1.29, 1.82) is 0 Å². The Morgan fingerprint density at radius 2 is 1.33 bits per heavy atom. The number of nitrogens with zero attached hydrogens (tertiary/aromatic N) is 1. The summed E-state index contributed by atoms with van der Waals surface area (Å²) in [4.78, 5) is 2.46. The van der Waals surface area contributed by atoms with Gasteiger partial charge in [0.2, 0.25) is 0 Å². The smallest absolute Gasteiger partial charge is 0.0464 e. The molecule has 0 saturated heterocycles. The first kappa shape index (κ1) is 28.2. The summed E-state index contributed by atoms with van der Waals surface area (Å²) in [7, 11) is 0. The van der Waals surface area contributed by atoms with E-state index in [1.165, 1.54) is 44.9 Å². The number of hydrogen-bond donors (Lipinski definition) is 0. The molecule has 43 heavy (non-hydrogen) atoms. The molecule has 0 N–H and O–H groups in total. The molecule has 7 rings (SSSR count). The van der Waals surface area contributed by atoms with Crippen LogP contribution in [-0.2, 0) is 10.8 Å². The molecule has 3 aromatic rings. The van der Waals surface area contributed by atoms with Crippen LogP contribution in [0.3, 0.4) is 0 Å². The van der Waals surface area contributed by atoms with Crippen LogP contribution in [0.5, 0.6) is 0 Å². The third kappa shape index (κ3) is 4.03. The molecule has 0 heterocycles. The number of para-hydroxylation sites is 1. The monoisotopic (exact) mass is 565 g/mol. The van der Waals surface area contributed by atoms with Gasteiger partial charge < -0.3 is 4.90 Å². The van der Waals surface area contributed by atoms with Gasteiger partial charge in [-0.05, 0) is 131 Å². The van der Waals surface area contributed by atoms with Gasteiger partial charge in [-0.2, -0.15) is 0 Å². The third-order valence-electron chi connectivity index (χ3n) is 11.5. The van der Waals surface area contributed by atoms with Gasteiger partial charge in [-0.3, -0.25) is 0 Å². The maximum Gasteiger partial charge on any atom is 0.0464 e. The minimum absolute atomic E-state index is 0.0143. The highest BCUT2D eigenvalue weighted by Crippen LogP contribution is 2.61. The van der Waals surface area contributed by atoms with Crippen LogP contribution in [-0.4, -0.2) is 0 Å². The van der Waals surface area contributed by atoms with Crippen molar-refractivity contribution < 1.29 is 0 Å². The van der Waals surface area contributed by atoms with E-state index in [9.17, 15) is 0 Å². The van der Waals surface area contributed by atoms with Crippen molar-refractivity contribution in [2.24, 2.45) is 11.8 Å². The summed E-state index contributed by atoms with van der Waals surface area (Å²) in [6.45, 7) is 14.3.